The van der Waals surface area contributed by atoms with E-state index in [-0.39, 0.29) is 10.9 Å². The summed E-state index contributed by atoms with van der Waals surface area (Å²) in [6.07, 6.45) is 1.07. The minimum absolute atomic E-state index is 0.0384. The highest BCUT2D eigenvalue weighted by molar-refractivity contribution is 6.99. The molecule has 2 aromatic carbocycles. The van der Waals surface area contributed by atoms with E-state index in [2.05, 4.69) is 69.3 Å². The van der Waals surface area contributed by atoms with Crippen LogP contribution >= 0.6 is 0 Å². The Labute approximate surface area is 164 Å². The summed E-state index contributed by atoms with van der Waals surface area (Å²) in [4.78, 5) is 16.9. The minimum Gasteiger partial charge on any atom is -0.407 e. The maximum atomic E-state index is 12.0. The van der Waals surface area contributed by atoms with E-state index in [0.717, 1.165) is 0 Å². The molecule has 0 unspecified atom stereocenters. The lowest BCUT2D eigenvalue weighted by Crippen LogP contribution is -2.66. The lowest BCUT2D eigenvalue weighted by atomic mass is 10.2. The van der Waals surface area contributed by atoms with Gasteiger partial charge in [-0.25, -0.2) is 5.06 Å². The van der Waals surface area contributed by atoms with Gasteiger partial charge in [-0.2, -0.15) is 0 Å². The van der Waals surface area contributed by atoms with Gasteiger partial charge in [0.25, 0.3) is 8.32 Å². The van der Waals surface area contributed by atoms with Crippen molar-refractivity contribution in [2.75, 3.05) is 20.8 Å². The number of amides is 1. The average molecular weight is 386 g/mol. The molecule has 4 nitrogen and oxygen atoms in total. The van der Waals surface area contributed by atoms with Gasteiger partial charge < -0.3 is 4.43 Å². The fourth-order valence-corrected chi connectivity index (χ4v) is 8.08. The summed E-state index contributed by atoms with van der Waals surface area (Å²) in [6, 6.07) is 21.1. The van der Waals surface area contributed by atoms with E-state index in [9.17, 15) is 4.79 Å². The summed E-state index contributed by atoms with van der Waals surface area (Å²) in [6.45, 7) is 7.30. The van der Waals surface area contributed by atoms with Crippen molar-refractivity contribution < 1.29 is 14.1 Å². The van der Waals surface area contributed by atoms with Gasteiger partial charge in [-0.1, -0.05) is 81.4 Å². The van der Waals surface area contributed by atoms with Crippen LogP contribution in [0.4, 0.5) is 0 Å². The molecule has 0 radical (unpaired) electrons. The molecule has 0 aliphatic heterocycles. The quantitative estimate of drug-likeness (QED) is 0.397. The smallest absolute Gasteiger partial charge is 0.261 e. The van der Waals surface area contributed by atoms with Crippen LogP contribution in [0.2, 0.25) is 5.04 Å². The average Bonchev–Trinajstić information content (AvgIpc) is 2.67. The Balaban J connectivity index is 2.31. The van der Waals surface area contributed by atoms with Crippen LogP contribution in [0.15, 0.2) is 60.7 Å². The first-order chi connectivity index (χ1) is 12.8. The van der Waals surface area contributed by atoms with Crippen molar-refractivity contribution >= 4 is 24.6 Å². The Morgan fingerprint density at radius 2 is 1.44 bits per heavy atom. The van der Waals surface area contributed by atoms with Crippen LogP contribution in [-0.2, 0) is 14.1 Å². The molecule has 1 amide bonds. The van der Waals surface area contributed by atoms with Gasteiger partial charge in [0, 0.05) is 20.1 Å². The zero-order valence-corrected chi connectivity index (χ0v) is 18.1. The van der Waals surface area contributed by atoms with Crippen molar-refractivity contribution in [1.29, 1.82) is 0 Å². The van der Waals surface area contributed by atoms with Crippen molar-refractivity contribution in [2.45, 2.75) is 38.7 Å². The van der Waals surface area contributed by atoms with Crippen LogP contribution in [0.25, 0.3) is 0 Å². The second kappa shape index (κ2) is 9.31. The molecule has 2 rings (SSSR count). The van der Waals surface area contributed by atoms with Crippen LogP contribution in [0.1, 0.15) is 33.6 Å². The highest BCUT2D eigenvalue weighted by Crippen LogP contribution is 2.36. The van der Waals surface area contributed by atoms with Crippen LogP contribution in [0, 0.1) is 0 Å². The molecular weight excluding hydrogens is 354 g/mol. The van der Waals surface area contributed by atoms with E-state index < -0.39 is 8.32 Å². The third-order valence-corrected chi connectivity index (χ3v) is 9.94. The number of carbonyl (C=O) groups excluding carboxylic acids is 1. The van der Waals surface area contributed by atoms with Gasteiger partial charge in [0.15, 0.2) is 0 Å². The number of benzene rings is 2. The van der Waals surface area contributed by atoms with E-state index >= 15 is 0 Å². The van der Waals surface area contributed by atoms with Gasteiger partial charge in [-0.15, -0.1) is 0 Å². The fraction of sp³-hybridized carbons (Fsp3) is 0.409. The zero-order chi connectivity index (χ0) is 19.9. The van der Waals surface area contributed by atoms with E-state index in [0.29, 0.717) is 19.4 Å². The largest absolute Gasteiger partial charge is 0.407 e. The molecule has 0 saturated heterocycles. The lowest BCUT2D eigenvalue weighted by Gasteiger charge is -2.43. The summed E-state index contributed by atoms with van der Waals surface area (Å²) in [7, 11) is 0.614. The molecule has 0 bridgehead atoms. The van der Waals surface area contributed by atoms with Gasteiger partial charge in [0.2, 0.25) is 5.91 Å². The molecule has 2 aromatic rings. The Morgan fingerprint density at radius 1 is 0.963 bits per heavy atom. The summed E-state index contributed by atoms with van der Waals surface area (Å²) in [5, 5.41) is 3.72. The molecule has 0 spiro atoms. The molecule has 0 aliphatic carbocycles. The summed E-state index contributed by atoms with van der Waals surface area (Å²) >= 11 is 0. The van der Waals surface area contributed by atoms with Crippen LogP contribution in [-0.4, -0.2) is 40.1 Å². The lowest BCUT2D eigenvalue weighted by molar-refractivity contribution is -0.168. The monoisotopic (exact) mass is 385 g/mol. The number of rotatable bonds is 8. The number of hydrogen-bond donors (Lipinski definition) is 0. The highest BCUT2D eigenvalue weighted by Gasteiger charge is 2.49. The first-order valence-electron chi connectivity index (χ1n) is 9.38. The second-order valence-electron chi connectivity index (χ2n) is 7.69. The van der Waals surface area contributed by atoms with Crippen molar-refractivity contribution in [3.8, 4) is 0 Å². The Kier molecular flexibility index (Phi) is 7.36. The molecule has 27 heavy (non-hydrogen) atoms. The second-order valence-corrected chi connectivity index (χ2v) is 12.0. The maximum Gasteiger partial charge on any atom is 0.261 e. The van der Waals surface area contributed by atoms with E-state index in [1.165, 1.54) is 22.5 Å². The molecule has 0 aliphatic rings. The molecule has 0 aromatic heterocycles. The molecule has 0 atom stereocenters. The third kappa shape index (κ3) is 4.86. The van der Waals surface area contributed by atoms with Gasteiger partial charge in [0.1, 0.15) is 0 Å². The summed E-state index contributed by atoms with van der Waals surface area (Å²) in [5.74, 6) is -0.0384. The number of carbonyl (C=O) groups is 1. The minimum atomic E-state index is -2.51. The first-order valence-corrected chi connectivity index (χ1v) is 11.3. The predicted octanol–water partition coefficient (Wildman–Crippen LogP) is 3.36. The third-order valence-electron chi connectivity index (χ3n) is 4.90. The van der Waals surface area contributed by atoms with Crippen molar-refractivity contribution in [1.82, 2.24) is 5.06 Å². The normalized spacial score (nSPS) is 12.0. The van der Waals surface area contributed by atoms with Gasteiger partial charge in [-0.05, 0) is 21.8 Å². The molecular formula is C22H31NO3Si. The van der Waals surface area contributed by atoms with Crippen molar-refractivity contribution in [3.05, 3.63) is 60.7 Å². The van der Waals surface area contributed by atoms with Gasteiger partial charge in [-0.3, -0.25) is 9.63 Å². The molecule has 0 heterocycles. The van der Waals surface area contributed by atoms with Gasteiger partial charge in [0.05, 0.1) is 7.11 Å². The van der Waals surface area contributed by atoms with Gasteiger partial charge >= 0.3 is 0 Å². The molecule has 0 saturated carbocycles. The summed E-state index contributed by atoms with van der Waals surface area (Å²) in [5.41, 5.74) is 0. The zero-order valence-electron chi connectivity index (χ0n) is 17.1. The van der Waals surface area contributed by atoms with E-state index in [4.69, 9.17) is 9.26 Å². The van der Waals surface area contributed by atoms with Crippen LogP contribution < -0.4 is 10.4 Å². The number of hydroxylamine groups is 2. The number of nitrogens with zero attached hydrogens (tertiary/aromatic N) is 1. The van der Waals surface area contributed by atoms with E-state index in [1.807, 2.05) is 12.1 Å². The molecule has 0 N–H and O–H groups in total. The molecule has 5 heteroatoms. The standard InChI is InChI=1S/C22H31NO3Si/c1-22(2,3)27(19-13-8-6-9-14-19,20-15-10-7-11-16-20)26-18-12-17-21(24)23(4)25-5/h6-11,13-16H,12,17-18H2,1-5H3. The SMILES string of the molecule is CON(C)C(=O)CCCO[Si](c1ccccc1)(c1ccccc1)C(C)(C)C. The predicted molar refractivity (Wildman–Crippen MR) is 113 cm³/mol. The van der Waals surface area contributed by atoms with Crippen LogP contribution in [0.5, 0.6) is 0 Å². The van der Waals surface area contributed by atoms with Crippen molar-refractivity contribution in [2.24, 2.45) is 0 Å². The molecule has 146 valence electrons. The van der Waals surface area contributed by atoms with E-state index in [1.54, 1.807) is 7.05 Å². The number of hydrogen-bond acceptors (Lipinski definition) is 3. The summed E-state index contributed by atoms with van der Waals surface area (Å²) < 4.78 is 6.76. The Morgan fingerprint density at radius 3 is 1.85 bits per heavy atom. The highest BCUT2D eigenvalue weighted by atomic mass is 28.4. The Hall–Kier alpha value is -1.95. The maximum absolute atomic E-state index is 12.0. The fourth-order valence-electron chi connectivity index (χ4n) is 3.47. The first kappa shape index (κ1) is 21.3. The topological polar surface area (TPSA) is 38.8 Å². The van der Waals surface area contributed by atoms with Crippen LogP contribution in [0.3, 0.4) is 0 Å². The molecule has 0 fully saturated rings. The Bertz CT molecular complexity index is 674. The van der Waals surface area contributed by atoms with Crippen molar-refractivity contribution in [3.63, 3.8) is 0 Å².